The predicted octanol–water partition coefficient (Wildman–Crippen LogP) is 1.94. The van der Waals surface area contributed by atoms with Crippen molar-refractivity contribution < 1.29 is 4.79 Å². The molecule has 1 rings (SSSR count). The van der Waals surface area contributed by atoms with Crippen LogP contribution in [0.5, 0.6) is 0 Å². The van der Waals surface area contributed by atoms with E-state index in [1.54, 1.807) is 0 Å². The van der Waals surface area contributed by atoms with Gasteiger partial charge in [0.2, 0.25) is 5.91 Å². The number of nitrogens with zero attached hydrogens (tertiary/aromatic N) is 4. The lowest BCUT2D eigenvalue weighted by Gasteiger charge is -2.23. The molecule has 0 radical (unpaired) electrons. The molecule has 1 saturated heterocycles. The van der Waals surface area contributed by atoms with Crippen molar-refractivity contribution in [2.24, 2.45) is 11.0 Å². The van der Waals surface area contributed by atoms with E-state index in [2.05, 4.69) is 16.9 Å². The average molecular weight is 196 g/mol. The Morgan fingerprint density at radius 2 is 2.50 bits per heavy atom. The van der Waals surface area contributed by atoms with Crippen molar-refractivity contribution in [2.45, 2.75) is 32.7 Å². The highest BCUT2D eigenvalue weighted by molar-refractivity contribution is 5.79. The Hall–Kier alpha value is -1.22. The first kappa shape index (κ1) is 10.9. The zero-order chi connectivity index (χ0) is 10.6. The lowest BCUT2D eigenvalue weighted by atomic mass is 10.1. The van der Waals surface area contributed by atoms with Crippen LogP contribution in [0.3, 0.4) is 0 Å². The largest absolute Gasteiger partial charge is 0.340 e. The first-order valence-electron chi connectivity index (χ1n) is 4.99. The molecule has 0 spiro atoms. The summed E-state index contributed by atoms with van der Waals surface area (Å²) >= 11 is 0. The summed E-state index contributed by atoms with van der Waals surface area (Å²) in [6.07, 6.45) is 1.50. The van der Waals surface area contributed by atoms with Gasteiger partial charge in [-0.25, -0.2) is 0 Å². The molecule has 0 unspecified atom stereocenters. The Morgan fingerprint density at radius 3 is 3.07 bits per heavy atom. The molecular weight excluding hydrogens is 180 g/mol. The molecule has 0 aromatic carbocycles. The van der Waals surface area contributed by atoms with Crippen molar-refractivity contribution in [3.8, 4) is 0 Å². The molecule has 1 amide bonds. The van der Waals surface area contributed by atoms with Gasteiger partial charge < -0.3 is 4.90 Å². The number of hydrogen-bond donors (Lipinski definition) is 0. The van der Waals surface area contributed by atoms with Crippen LogP contribution in [0.15, 0.2) is 5.11 Å². The Morgan fingerprint density at radius 1 is 1.79 bits per heavy atom. The van der Waals surface area contributed by atoms with Crippen molar-refractivity contribution >= 4 is 5.91 Å². The molecule has 78 valence electrons. The molecule has 0 bridgehead atoms. The molecule has 1 heterocycles. The van der Waals surface area contributed by atoms with E-state index in [0.29, 0.717) is 19.0 Å². The number of rotatable bonds is 4. The van der Waals surface area contributed by atoms with Gasteiger partial charge in [0.05, 0.1) is 0 Å². The maximum absolute atomic E-state index is 11.5. The van der Waals surface area contributed by atoms with E-state index < -0.39 is 0 Å². The monoisotopic (exact) mass is 196 g/mol. The summed E-state index contributed by atoms with van der Waals surface area (Å²) in [5.41, 5.74) is 8.17. The zero-order valence-electron chi connectivity index (χ0n) is 8.68. The topological polar surface area (TPSA) is 69.1 Å². The molecule has 1 fully saturated rings. The molecule has 0 aromatic heterocycles. The highest BCUT2D eigenvalue weighted by atomic mass is 16.2. The van der Waals surface area contributed by atoms with E-state index in [4.69, 9.17) is 5.53 Å². The Kier molecular flexibility index (Phi) is 3.77. The first-order valence-corrected chi connectivity index (χ1v) is 4.99. The highest BCUT2D eigenvalue weighted by Gasteiger charge is 2.31. The number of hydrogen-bond acceptors (Lipinski definition) is 2. The molecule has 0 aromatic rings. The zero-order valence-corrected chi connectivity index (χ0v) is 8.68. The van der Waals surface area contributed by atoms with Crippen molar-refractivity contribution in [1.82, 2.24) is 4.90 Å². The third-order valence-corrected chi connectivity index (χ3v) is 2.76. The van der Waals surface area contributed by atoms with E-state index in [9.17, 15) is 4.79 Å². The molecule has 0 N–H and O–H groups in total. The highest BCUT2D eigenvalue weighted by Crippen LogP contribution is 2.21. The molecule has 14 heavy (non-hydrogen) atoms. The molecule has 1 aliphatic rings. The number of azide groups is 1. The maximum atomic E-state index is 11.5. The number of amides is 1. The minimum atomic E-state index is 0.192. The number of carbonyl (C=O) groups excluding carboxylic acids is 1. The summed E-state index contributed by atoms with van der Waals surface area (Å²) in [6.45, 7) is 5.30. The summed E-state index contributed by atoms with van der Waals surface area (Å²) in [7, 11) is 0. The van der Waals surface area contributed by atoms with Crippen molar-refractivity contribution in [1.29, 1.82) is 0 Å². The molecule has 2 atom stereocenters. The van der Waals surface area contributed by atoms with Gasteiger partial charge in [0, 0.05) is 30.5 Å². The van der Waals surface area contributed by atoms with E-state index in [-0.39, 0.29) is 11.8 Å². The van der Waals surface area contributed by atoms with Crippen LogP contribution in [0, 0.1) is 5.92 Å². The summed E-state index contributed by atoms with van der Waals surface area (Å²) in [6, 6.07) is 0.304. The van der Waals surface area contributed by atoms with Crippen molar-refractivity contribution in [3.63, 3.8) is 0 Å². The Labute approximate surface area is 83.7 Å². The minimum Gasteiger partial charge on any atom is -0.340 e. The van der Waals surface area contributed by atoms with Crippen LogP contribution in [-0.4, -0.2) is 29.9 Å². The molecule has 0 aliphatic carbocycles. The van der Waals surface area contributed by atoms with Gasteiger partial charge >= 0.3 is 0 Å². The van der Waals surface area contributed by atoms with E-state index in [1.807, 2.05) is 11.8 Å². The minimum absolute atomic E-state index is 0.192. The smallest absolute Gasteiger partial charge is 0.223 e. The first-order chi connectivity index (χ1) is 6.69. The van der Waals surface area contributed by atoms with Crippen LogP contribution >= 0.6 is 0 Å². The average Bonchev–Trinajstić information content (AvgIpc) is 2.55. The maximum Gasteiger partial charge on any atom is 0.223 e. The van der Waals surface area contributed by atoms with E-state index in [0.717, 1.165) is 13.0 Å². The second-order valence-corrected chi connectivity index (χ2v) is 3.79. The van der Waals surface area contributed by atoms with Gasteiger partial charge in [0.15, 0.2) is 0 Å². The molecule has 5 heteroatoms. The standard InChI is InChI=1S/C9H16N4O/c1-3-7(2)13-6-8(4-9(13)14)5-11-12-10/h7-8H,3-6H2,1-2H3/t7-,8-/m0/s1. The van der Waals surface area contributed by atoms with Crippen LogP contribution < -0.4 is 0 Å². The van der Waals surface area contributed by atoms with Gasteiger partial charge in [-0.2, -0.15) is 0 Å². The molecule has 5 nitrogen and oxygen atoms in total. The summed E-state index contributed by atoms with van der Waals surface area (Å²) in [5.74, 6) is 0.407. The van der Waals surface area contributed by atoms with Gasteiger partial charge in [0.1, 0.15) is 0 Å². The van der Waals surface area contributed by atoms with Gasteiger partial charge in [-0.3, -0.25) is 4.79 Å². The number of carbonyl (C=O) groups is 1. The van der Waals surface area contributed by atoms with Crippen molar-refractivity contribution in [3.05, 3.63) is 10.4 Å². The lowest BCUT2D eigenvalue weighted by molar-refractivity contribution is -0.129. The van der Waals surface area contributed by atoms with Crippen LogP contribution in [0.1, 0.15) is 26.7 Å². The summed E-state index contributed by atoms with van der Waals surface area (Å²) in [4.78, 5) is 16.1. The Bertz CT molecular complexity index is 260. The normalized spacial score (nSPS) is 23.4. The fourth-order valence-corrected chi connectivity index (χ4v) is 1.73. The molecule has 0 saturated carbocycles. The van der Waals surface area contributed by atoms with Crippen LogP contribution in [0.25, 0.3) is 10.4 Å². The fraction of sp³-hybridized carbons (Fsp3) is 0.889. The van der Waals surface area contributed by atoms with Crippen LogP contribution in [-0.2, 0) is 4.79 Å². The second kappa shape index (κ2) is 4.86. The van der Waals surface area contributed by atoms with Crippen LogP contribution in [0.2, 0.25) is 0 Å². The van der Waals surface area contributed by atoms with E-state index in [1.165, 1.54) is 0 Å². The van der Waals surface area contributed by atoms with Crippen molar-refractivity contribution in [2.75, 3.05) is 13.1 Å². The third kappa shape index (κ3) is 2.39. The van der Waals surface area contributed by atoms with Gasteiger partial charge in [0.25, 0.3) is 0 Å². The third-order valence-electron chi connectivity index (χ3n) is 2.76. The summed E-state index contributed by atoms with van der Waals surface area (Å²) < 4.78 is 0. The number of likely N-dealkylation sites (tertiary alicyclic amines) is 1. The Balaban J connectivity index is 2.51. The van der Waals surface area contributed by atoms with Gasteiger partial charge in [-0.05, 0) is 24.8 Å². The lowest BCUT2D eigenvalue weighted by Crippen LogP contribution is -2.34. The SMILES string of the molecule is CC[C@H](C)N1C[C@H](CN=[N+]=[N-])CC1=O. The predicted molar refractivity (Wildman–Crippen MR) is 53.6 cm³/mol. The quantitative estimate of drug-likeness (QED) is 0.385. The van der Waals surface area contributed by atoms with Gasteiger partial charge in [-0.1, -0.05) is 12.0 Å². The molecule has 1 aliphatic heterocycles. The summed E-state index contributed by atoms with van der Waals surface area (Å²) in [5, 5.41) is 3.51. The fourth-order valence-electron chi connectivity index (χ4n) is 1.73. The van der Waals surface area contributed by atoms with Gasteiger partial charge in [-0.15, -0.1) is 0 Å². The second-order valence-electron chi connectivity index (χ2n) is 3.79. The van der Waals surface area contributed by atoms with Crippen LogP contribution in [0.4, 0.5) is 0 Å². The molecular formula is C9H16N4O. The van der Waals surface area contributed by atoms with E-state index >= 15 is 0 Å².